The zero-order valence-corrected chi connectivity index (χ0v) is 19.9. The minimum absolute atomic E-state index is 0.984. The second kappa shape index (κ2) is 10.8. The van der Waals surface area contributed by atoms with Crippen molar-refractivity contribution in [1.29, 1.82) is 0 Å². The number of nitrogens with zero attached hydrogens (tertiary/aromatic N) is 1. The standard InChI is InChI=1S/C23H28BrNO.C2H6/c1-5-7-16(8-6-2)22-21-17(11-15(3)12-20(21)26-4)9-10-18-13-19(24)14-25-23(18)22;1-2/h11-14H,5-10H2,1-4H3;1-2H3. The lowest BCUT2D eigenvalue weighted by Gasteiger charge is -2.20. The van der Waals surface area contributed by atoms with Gasteiger partial charge in [0.05, 0.1) is 12.8 Å². The van der Waals surface area contributed by atoms with E-state index in [1.165, 1.54) is 33.4 Å². The molecule has 0 spiro atoms. The van der Waals surface area contributed by atoms with Gasteiger partial charge in [0.2, 0.25) is 0 Å². The normalized spacial score (nSPS) is 12.3. The molecular weight excluding hydrogens is 410 g/mol. The maximum atomic E-state index is 5.85. The smallest absolute Gasteiger partial charge is 0.127 e. The van der Waals surface area contributed by atoms with Crippen LogP contribution in [0.5, 0.6) is 5.75 Å². The summed E-state index contributed by atoms with van der Waals surface area (Å²) in [7, 11) is 1.78. The van der Waals surface area contributed by atoms with Crippen molar-refractivity contribution in [1.82, 2.24) is 4.98 Å². The predicted octanol–water partition coefficient (Wildman–Crippen LogP) is 7.69. The van der Waals surface area contributed by atoms with E-state index in [0.717, 1.165) is 54.4 Å². The maximum Gasteiger partial charge on any atom is 0.127 e. The number of aryl methyl sites for hydroxylation is 3. The highest BCUT2D eigenvalue weighted by Gasteiger charge is 2.25. The van der Waals surface area contributed by atoms with Gasteiger partial charge < -0.3 is 4.74 Å². The first kappa shape index (κ1) is 22.7. The summed E-state index contributed by atoms with van der Waals surface area (Å²) in [6.07, 6.45) is 8.47. The van der Waals surface area contributed by atoms with Gasteiger partial charge in [0.25, 0.3) is 0 Å². The summed E-state index contributed by atoms with van der Waals surface area (Å²) in [4.78, 5) is 4.88. The van der Waals surface area contributed by atoms with E-state index in [4.69, 9.17) is 9.72 Å². The molecule has 2 nitrogen and oxygen atoms in total. The monoisotopic (exact) mass is 443 g/mol. The van der Waals surface area contributed by atoms with E-state index in [1.807, 2.05) is 20.0 Å². The molecule has 0 radical (unpaired) electrons. The van der Waals surface area contributed by atoms with Crippen molar-refractivity contribution in [3.63, 3.8) is 0 Å². The third-order valence-electron chi connectivity index (χ3n) is 5.09. The Labute approximate surface area is 179 Å². The minimum Gasteiger partial charge on any atom is -0.496 e. The van der Waals surface area contributed by atoms with Crippen LogP contribution in [0.4, 0.5) is 0 Å². The van der Waals surface area contributed by atoms with Gasteiger partial charge in [-0.25, -0.2) is 0 Å². The minimum atomic E-state index is 0.984. The Morgan fingerprint density at radius 3 is 2.29 bits per heavy atom. The molecule has 0 unspecified atom stereocenters. The summed E-state index contributed by atoms with van der Waals surface area (Å²) in [5.41, 5.74) is 9.21. The third-order valence-corrected chi connectivity index (χ3v) is 5.52. The first-order chi connectivity index (χ1) is 13.6. The lowest BCUT2D eigenvalue weighted by molar-refractivity contribution is 0.412. The molecule has 1 heterocycles. The summed E-state index contributed by atoms with van der Waals surface area (Å²) >= 11 is 3.61. The van der Waals surface area contributed by atoms with E-state index in [2.05, 4.69) is 54.9 Å². The van der Waals surface area contributed by atoms with Crippen LogP contribution in [0.1, 0.15) is 81.3 Å². The molecule has 28 heavy (non-hydrogen) atoms. The topological polar surface area (TPSA) is 22.1 Å². The molecule has 0 bridgehead atoms. The van der Waals surface area contributed by atoms with E-state index in [0.29, 0.717) is 0 Å². The van der Waals surface area contributed by atoms with Crippen molar-refractivity contribution in [2.24, 2.45) is 0 Å². The number of halogens is 1. The molecule has 0 saturated carbocycles. The Hall–Kier alpha value is -1.61. The summed E-state index contributed by atoms with van der Waals surface area (Å²) in [5.74, 6) is 0.984. The van der Waals surface area contributed by atoms with Crippen LogP contribution in [0.3, 0.4) is 0 Å². The van der Waals surface area contributed by atoms with Gasteiger partial charge in [-0.1, -0.05) is 52.2 Å². The second-order valence-electron chi connectivity index (χ2n) is 7.14. The second-order valence-corrected chi connectivity index (χ2v) is 8.06. The highest BCUT2D eigenvalue weighted by molar-refractivity contribution is 9.10. The quantitative estimate of drug-likeness (QED) is 0.472. The van der Waals surface area contributed by atoms with E-state index < -0.39 is 0 Å². The molecule has 3 rings (SSSR count). The molecule has 2 aromatic rings. The lowest BCUT2D eigenvalue weighted by atomic mass is 9.88. The molecule has 0 fully saturated rings. The zero-order valence-electron chi connectivity index (χ0n) is 18.3. The third kappa shape index (κ3) is 4.86. The van der Waals surface area contributed by atoms with Gasteiger partial charge in [-0.05, 0) is 77.4 Å². The molecule has 152 valence electrons. The van der Waals surface area contributed by atoms with Crippen molar-refractivity contribution in [3.8, 4) is 5.75 Å². The first-order valence-electron chi connectivity index (χ1n) is 10.6. The molecule has 1 aliphatic carbocycles. The summed E-state index contributed by atoms with van der Waals surface area (Å²) in [5, 5.41) is 0. The number of rotatable bonds is 5. The van der Waals surface area contributed by atoms with E-state index in [1.54, 1.807) is 7.11 Å². The van der Waals surface area contributed by atoms with Crippen LogP contribution < -0.4 is 4.74 Å². The Bertz CT molecular complexity index is 831. The largest absolute Gasteiger partial charge is 0.496 e. The molecular formula is C25H34BrNO. The first-order valence-corrected chi connectivity index (χ1v) is 11.4. The zero-order chi connectivity index (χ0) is 20.7. The lowest BCUT2D eigenvalue weighted by Crippen LogP contribution is -2.03. The Kier molecular flexibility index (Phi) is 8.75. The van der Waals surface area contributed by atoms with Gasteiger partial charge in [0, 0.05) is 21.8 Å². The van der Waals surface area contributed by atoms with E-state index in [-0.39, 0.29) is 0 Å². The van der Waals surface area contributed by atoms with Crippen molar-refractivity contribution in [3.05, 3.63) is 62.4 Å². The fraction of sp³-hybridized carbons (Fsp3) is 0.480. The number of methoxy groups -OCH3 is 1. The fourth-order valence-electron chi connectivity index (χ4n) is 4.08. The van der Waals surface area contributed by atoms with Crippen LogP contribution in [0, 0.1) is 6.92 Å². The average Bonchev–Trinajstić information content (AvgIpc) is 2.85. The maximum absolute atomic E-state index is 5.85. The molecule has 0 aliphatic heterocycles. The number of pyridine rings is 1. The number of benzene rings is 1. The number of ether oxygens (including phenoxy) is 1. The summed E-state index contributed by atoms with van der Waals surface area (Å²) < 4.78 is 6.91. The van der Waals surface area contributed by atoms with Crippen LogP contribution in [0.2, 0.25) is 0 Å². The van der Waals surface area contributed by atoms with Gasteiger partial charge in [0.1, 0.15) is 5.75 Å². The van der Waals surface area contributed by atoms with Gasteiger partial charge >= 0.3 is 0 Å². The number of hydrogen-bond acceptors (Lipinski definition) is 2. The Morgan fingerprint density at radius 1 is 1.04 bits per heavy atom. The molecule has 0 amide bonds. The number of hydrogen-bond donors (Lipinski definition) is 0. The van der Waals surface area contributed by atoms with Crippen LogP contribution in [0.15, 0.2) is 34.4 Å². The van der Waals surface area contributed by atoms with E-state index >= 15 is 0 Å². The molecule has 1 aliphatic rings. The van der Waals surface area contributed by atoms with Crippen LogP contribution in [-0.2, 0) is 12.8 Å². The molecule has 0 N–H and O–H groups in total. The molecule has 1 aromatic heterocycles. The predicted molar refractivity (Wildman–Crippen MR) is 124 cm³/mol. The Morgan fingerprint density at radius 2 is 1.68 bits per heavy atom. The van der Waals surface area contributed by atoms with Gasteiger partial charge in [-0.15, -0.1) is 0 Å². The van der Waals surface area contributed by atoms with Gasteiger partial charge in [-0.2, -0.15) is 0 Å². The number of allylic oxidation sites excluding steroid dienone is 1. The Balaban J connectivity index is 0.00000136. The van der Waals surface area contributed by atoms with Crippen molar-refractivity contribution < 1.29 is 4.74 Å². The van der Waals surface area contributed by atoms with Crippen LogP contribution in [0.25, 0.3) is 5.57 Å². The summed E-state index contributed by atoms with van der Waals surface area (Å²) in [6.45, 7) is 10.7. The molecule has 1 aromatic carbocycles. The number of aromatic nitrogens is 1. The highest BCUT2D eigenvalue weighted by atomic mass is 79.9. The van der Waals surface area contributed by atoms with Crippen LogP contribution in [-0.4, -0.2) is 12.1 Å². The molecule has 0 saturated heterocycles. The van der Waals surface area contributed by atoms with E-state index in [9.17, 15) is 0 Å². The number of fused-ring (bicyclic) bond motifs is 2. The van der Waals surface area contributed by atoms with Crippen molar-refractivity contribution >= 4 is 21.5 Å². The summed E-state index contributed by atoms with van der Waals surface area (Å²) in [6, 6.07) is 6.73. The van der Waals surface area contributed by atoms with Gasteiger partial charge in [-0.3, -0.25) is 4.98 Å². The molecule has 0 atom stereocenters. The van der Waals surface area contributed by atoms with Crippen LogP contribution >= 0.6 is 15.9 Å². The average molecular weight is 444 g/mol. The SMILES string of the molecule is CC.CCCC(CCC)=C1c2ncc(Br)cc2CCc2cc(C)cc(OC)c21. The highest BCUT2D eigenvalue weighted by Crippen LogP contribution is 2.42. The fourth-order valence-corrected chi connectivity index (χ4v) is 4.45. The molecule has 3 heteroatoms. The van der Waals surface area contributed by atoms with Crippen molar-refractivity contribution in [2.75, 3.05) is 7.11 Å². The van der Waals surface area contributed by atoms with Crippen molar-refractivity contribution in [2.45, 2.75) is 73.1 Å². The van der Waals surface area contributed by atoms with Gasteiger partial charge in [0.15, 0.2) is 0 Å².